The first-order valence-electron chi connectivity index (χ1n) is 4.26. The molecule has 0 bridgehead atoms. The monoisotopic (exact) mass is 178 g/mol. The third kappa shape index (κ3) is 1.82. The maximum absolute atomic E-state index is 4.41. The van der Waals surface area contributed by atoms with Crippen LogP contribution >= 0.6 is 11.8 Å². The van der Waals surface area contributed by atoms with Gasteiger partial charge in [0, 0.05) is 24.1 Å². The van der Waals surface area contributed by atoms with Crippen molar-refractivity contribution in [3.05, 3.63) is 35.9 Å². The Labute approximate surface area is 77.6 Å². The molecule has 1 aliphatic heterocycles. The fourth-order valence-electron chi connectivity index (χ4n) is 1.39. The summed E-state index contributed by atoms with van der Waals surface area (Å²) in [5.41, 5.74) is 1.42. The molecule has 1 saturated heterocycles. The van der Waals surface area contributed by atoms with Crippen LogP contribution in [0.1, 0.15) is 10.8 Å². The molecule has 0 aliphatic carbocycles. The van der Waals surface area contributed by atoms with E-state index in [4.69, 9.17) is 0 Å². The van der Waals surface area contributed by atoms with Gasteiger partial charge in [0.15, 0.2) is 0 Å². The molecule has 0 aromatic heterocycles. The molecule has 2 heteroatoms. The first-order chi connectivity index (χ1) is 5.97. The van der Waals surface area contributed by atoms with Crippen molar-refractivity contribution in [3.63, 3.8) is 0 Å². The van der Waals surface area contributed by atoms with Gasteiger partial charge in [-0.2, -0.15) is 11.8 Å². The summed E-state index contributed by atoms with van der Waals surface area (Å²) < 4.78 is 0. The fraction of sp³-hybridized carbons (Fsp3) is 0.400. The van der Waals surface area contributed by atoms with Crippen LogP contribution in [-0.4, -0.2) is 18.8 Å². The minimum atomic E-state index is 0.611. The number of hydrogen-bond acceptors (Lipinski definition) is 1. The zero-order chi connectivity index (χ0) is 8.23. The predicted molar refractivity (Wildman–Crippen MR) is 53.5 cm³/mol. The highest BCUT2D eigenvalue weighted by molar-refractivity contribution is 7.99. The van der Waals surface area contributed by atoms with Crippen molar-refractivity contribution < 1.29 is 0 Å². The summed E-state index contributed by atoms with van der Waals surface area (Å²) in [4.78, 5) is 0. The molecule has 63 valence electrons. The lowest BCUT2D eigenvalue weighted by Crippen LogP contribution is -2.21. The van der Waals surface area contributed by atoms with Crippen LogP contribution in [0.2, 0.25) is 0 Å². The lowest BCUT2D eigenvalue weighted by atomic mass is 10.1. The Kier molecular flexibility index (Phi) is 2.69. The number of thioether (sulfide) groups is 1. The number of nitrogens with zero attached hydrogens (tertiary/aromatic N) is 1. The van der Waals surface area contributed by atoms with Gasteiger partial charge in [0.2, 0.25) is 0 Å². The highest BCUT2D eigenvalue weighted by Gasteiger charge is 2.15. The van der Waals surface area contributed by atoms with Gasteiger partial charge in [0.25, 0.3) is 0 Å². The highest BCUT2D eigenvalue weighted by atomic mass is 32.2. The molecule has 0 spiro atoms. The highest BCUT2D eigenvalue weighted by Crippen LogP contribution is 2.29. The average molecular weight is 178 g/mol. The summed E-state index contributed by atoms with van der Waals surface area (Å²) in [6, 6.07) is 10.7. The topological polar surface area (TPSA) is 14.1 Å². The van der Waals surface area contributed by atoms with Gasteiger partial charge in [0.1, 0.15) is 0 Å². The molecule has 0 amide bonds. The van der Waals surface area contributed by atoms with Crippen LogP contribution in [0.5, 0.6) is 0 Å². The van der Waals surface area contributed by atoms with Crippen molar-refractivity contribution in [3.8, 4) is 0 Å². The SMILES string of the molecule is c1ccc(C2C[N]CCS2)cc1. The van der Waals surface area contributed by atoms with E-state index >= 15 is 0 Å². The van der Waals surface area contributed by atoms with Crippen LogP contribution in [0.25, 0.3) is 0 Å². The Bertz CT molecular complexity index is 229. The molecule has 1 fully saturated rings. The van der Waals surface area contributed by atoms with E-state index in [1.165, 1.54) is 11.3 Å². The zero-order valence-electron chi connectivity index (χ0n) is 6.94. The molecule has 0 saturated carbocycles. The Hall–Kier alpha value is -0.470. The van der Waals surface area contributed by atoms with Crippen molar-refractivity contribution in [1.29, 1.82) is 0 Å². The quantitative estimate of drug-likeness (QED) is 0.642. The van der Waals surface area contributed by atoms with Crippen LogP contribution in [-0.2, 0) is 0 Å². The second kappa shape index (κ2) is 3.97. The number of hydrogen-bond donors (Lipinski definition) is 0. The van der Waals surface area contributed by atoms with Gasteiger partial charge >= 0.3 is 0 Å². The van der Waals surface area contributed by atoms with Gasteiger partial charge in [-0.05, 0) is 5.56 Å². The van der Waals surface area contributed by atoms with E-state index < -0.39 is 0 Å². The summed E-state index contributed by atoms with van der Waals surface area (Å²) >= 11 is 2.02. The first kappa shape index (κ1) is 8.14. The van der Waals surface area contributed by atoms with Gasteiger partial charge in [-0.1, -0.05) is 30.3 Å². The minimum Gasteiger partial charge on any atom is -0.239 e. The maximum atomic E-state index is 4.41. The minimum absolute atomic E-state index is 0.611. The Morgan fingerprint density at radius 1 is 1.25 bits per heavy atom. The molecular formula is C10H12NS. The molecular weight excluding hydrogens is 166 g/mol. The molecule has 0 N–H and O–H groups in total. The maximum Gasteiger partial charge on any atom is 0.0439 e. The number of benzene rings is 1. The molecule has 1 heterocycles. The molecule has 2 rings (SSSR count). The fourth-order valence-corrected chi connectivity index (χ4v) is 2.47. The van der Waals surface area contributed by atoms with Crippen molar-refractivity contribution >= 4 is 11.8 Å². The third-order valence-corrected chi connectivity index (χ3v) is 3.28. The molecule has 1 aliphatic rings. The lowest BCUT2D eigenvalue weighted by Gasteiger charge is -2.21. The van der Waals surface area contributed by atoms with Crippen molar-refractivity contribution in [2.75, 3.05) is 18.8 Å². The lowest BCUT2D eigenvalue weighted by molar-refractivity contribution is 0.675. The van der Waals surface area contributed by atoms with Gasteiger partial charge in [-0.3, -0.25) is 0 Å². The largest absolute Gasteiger partial charge is 0.239 e. The Morgan fingerprint density at radius 2 is 2.08 bits per heavy atom. The summed E-state index contributed by atoms with van der Waals surface area (Å²) in [6.45, 7) is 2.03. The van der Waals surface area contributed by atoms with Gasteiger partial charge < -0.3 is 0 Å². The van der Waals surface area contributed by atoms with Gasteiger partial charge in [-0.25, -0.2) is 5.32 Å². The van der Waals surface area contributed by atoms with Crippen LogP contribution < -0.4 is 5.32 Å². The first-order valence-corrected chi connectivity index (χ1v) is 5.31. The molecule has 1 unspecified atom stereocenters. The van der Waals surface area contributed by atoms with Crippen LogP contribution in [0.4, 0.5) is 0 Å². The standard InChI is InChI=1S/C10H12NS/c1-2-4-9(5-3-1)10-8-11-6-7-12-10/h1-5,10H,6-8H2. The second-order valence-electron chi connectivity index (χ2n) is 2.90. The predicted octanol–water partition coefficient (Wildman–Crippen LogP) is 2.08. The Balaban J connectivity index is 2.08. The van der Waals surface area contributed by atoms with E-state index in [0.29, 0.717) is 5.25 Å². The summed E-state index contributed by atoms with van der Waals surface area (Å²) in [5, 5.41) is 5.03. The van der Waals surface area contributed by atoms with E-state index in [-0.39, 0.29) is 0 Å². The van der Waals surface area contributed by atoms with Crippen molar-refractivity contribution in [1.82, 2.24) is 5.32 Å². The summed E-state index contributed by atoms with van der Waals surface area (Å²) in [7, 11) is 0. The van der Waals surface area contributed by atoms with E-state index in [2.05, 4.69) is 35.6 Å². The summed E-state index contributed by atoms with van der Waals surface area (Å²) in [6.07, 6.45) is 0. The van der Waals surface area contributed by atoms with Crippen LogP contribution in [0.15, 0.2) is 30.3 Å². The zero-order valence-corrected chi connectivity index (χ0v) is 7.76. The molecule has 1 aromatic rings. The van der Waals surface area contributed by atoms with Crippen molar-refractivity contribution in [2.24, 2.45) is 0 Å². The Morgan fingerprint density at radius 3 is 2.75 bits per heavy atom. The second-order valence-corrected chi connectivity index (χ2v) is 4.21. The van der Waals surface area contributed by atoms with E-state index in [1.807, 2.05) is 11.8 Å². The molecule has 1 radical (unpaired) electrons. The summed E-state index contributed by atoms with van der Waals surface area (Å²) in [5.74, 6) is 1.18. The molecule has 1 atom stereocenters. The third-order valence-electron chi connectivity index (χ3n) is 2.03. The smallest absolute Gasteiger partial charge is 0.0439 e. The van der Waals surface area contributed by atoms with Crippen molar-refractivity contribution in [2.45, 2.75) is 5.25 Å². The molecule has 12 heavy (non-hydrogen) atoms. The average Bonchev–Trinajstić information content (AvgIpc) is 2.21. The van der Waals surface area contributed by atoms with Gasteiger partial charge in [0.05, 0.1) is 0 Å². The van der Waals surface area contributed by atoms with Gasteiger partial charge in [-0.15, -0.1) is 0 Å². The van der Waals surface area contributed by atoms with Crippen LogP contribution in [0.3, 0.4) is 0 Å². The van der Waals surface area contributed by atoms with Crippen LogP contribution in [0, 0.1) is 0 Å². The van der Waals surface area contributed by atoms with E-state index in [0.717, 1.165) is 13.1 Å². The van der Waals surface area contributed by atoms with E-state index in [9.17, 15) is 0 Å². The molecule has 1 aromatic carbocycles. The molecule has 1 nitrogen and oxygen atoms in total. The normalized spacial score (nSPS) is 23.8. The van der Waals surface area contributed by atoms with E-state index in [1.54, 1.807) is 0 Å². The number of rotatable bonds is 1.